The summed E-state index contributed by atoms with van der Waals surface area (Å²) >= 11 is 5.74. The third-order valence-corrected chi connectivity index (χ3v) is 2.40. The molecule has 1 rings (SSSR count). The van der Waals surface area contributed by atoms with Crippen molar-refractivity contribution in [3.63, 3.8) is 0 Å². The summed E-state index contributed by atoms with van der Waals surface area (Å²) < 4.78 is 40.3. The van der Waals surface area contributed by atoms with E-state index in [0.717, 1.165) is 0 Å². The van der Waals surface area contributed by atoms with Crippen molar-refractivity contribution in [3.05, 3.63) is 38.9 Å². The molecule has 0 N–H and O–H groups in total. The molecule has 0 bridgehead atoms. The third-order valence-electron chi connectivity index (χ3n) is 2.03. The molecule has 0 saturated heterocycles. The molecule has 100 valence electrons. The largest absolute Gasteiger partial charge is 0.391 e. The molecule has 18 heavy (non-hydrogen) atoms. The van der Waals surface area contributed by atoms with Crippen LogP contribution in [0.25, 0.3) is 0 Å². The maximum absolute atomic E-state index is 11.8. The van der Waals surface area contributed by atoms with Crippen molar-refractivity contribution in [2.75, 3.05) is 6.61 Å². The molecule has 8 heteroatoms. The van der Waals surface area contributed by atoms with Crippen molar-refractivity contribution in [1.29, 1.82) is 0 Å². The highest BCUT2D eigenvalue weighted by Crippen LogP contribution is 2.23. The van der Waals surface area contributed by atoms with E-state index in [9.17, 15) is 23.3 Å². The Bertz CT molecular complexity index is 437. The summed E-state index contributed by atoms with van der Waals surface area (Å²) in [5.74, 6) is 0. The lowest BCUT2D eigenvalue weighted by Gasteiger charge is -2.08. The van der Waals surface area contributed by atoms with Gasteiger partial charge in [0.2, 0.25) is 0 Å². The highest BCUT2D eigenvalue weighted by Gasteiger charge is 2.26. The van der Waals surface area contributed by atoms with Crippen LogP contribution in [-0.4, -0.2) is 17.7 Å². The monoisotopic (exact) mass is 283 g/mol. The van der Waals surface area contributed by atoms with Gasteiger partial charge in [-0.15, -0.1) is 0 Å². The van der Waals surface area contributed by atoms with Crippen molar-refractivity contribution >= 4 is 17.3 Å². The lowest BCUT2D eigenvalue weighted by molar-refractivity contribution is -0.385. The van der Waals surface area contributed by atoms with Crippen LogP contribution in [0.1, 0.15) is 12.0 Å². The normalized spacial score (nSPS) is 11.6. The molecule has 0 amide bonds. The molecule has 1 aromatic rings. The highest BCUT2D eigenvalue weighted by molar-refractivity contribution is 6.31. The van der Waals surface area contributed by atoms with E-state index >= 15 is 0 Å². The van der Waals surface area contributed by atoms with Crippen LogP contribution in [0, 0.1) is 10.1 Å². The van der Waals surface area contributed by atoms with Gasteiger partial charge in [-0.05, 0) is 6.07 Å². The zero-order chi connectivity index (χ0) is 13.8. The van der Waals surface area contributed by atoms with Gasteiger partial charge in [0.1, 0.15) is 0 Å². The number of rotatable bonds is 5. The molecule has 0 fully saturated rings. The van der Waals surface area contributed by atoms with Gasteiger partial charge in [-0.3, -0.25) is 10.1 Å². The predicted octanol–water partition coefficient (Wildman–Crippen LogP) is 3.72. The molecule has 0 spiro atoms. The fraction of sp³-hybridized carbons (Fsp3) is 0.400. The van der Waals surface area contributed by atoms with Crippen LogP contribution in [0.5, 0.6) is 0 Å². The fourth-order valence-electron chi connectivity index (χ4n) is 1.16. The Morgan fingerprint density at radius 1 is 1.39 bits per heavy atom. The zero-order valence-electron chi connectivity index (χ0n) is 9.04. The van der Waals surface area contributed by atoms with Gasteiger partial charge < -0.3 is 4.74 Å². The maximum Gasteiger partial charge on any atom is 0.391 e. The highest BCUT2D eigenvalue weighted by atomic mass is 35.5. The molecule has 0 saturated carbocycles. The number of nitro groups is 1. The maximum atomic E-state index is 11.8. The van der Waals surface area contributed by atoms with E-state index in [0.29, 0.717) is 0 Å². The Morgan fingerprint density at radius 3 is 2.61 bits per heavy atom. The molecule has 0 unspecified atom stereocenters. The number of hydrogen-bond acceptors (Lipinski definition) is 3. The standard InChI is InChI=1S/C10H9ClF3NO3/c11-9-2-1-8(15(16)17)5-7(9)6-18-4-3-10(12,13)14/h1-2,5H,3-4,6H2. The minimum absolute atomic E-state index is 0.186. The molecule has 1 aromatic carbocycles. The molecule has 0 aliphatic heterocycles. The van der Waals surface area contributed by atoms with E-state index in [2.05, 4.69) is 0 Å². The molecule has 0 radical (unpaired) electrons. The van der Waals surface area contributed by atoms with E-state index in [-0.39, 0.29) is 22.9 Å². The second-order valence-electron chi connectivity index (χ2n) is 3.45. The van der Waals surface area contributed by atoms with E-state index in [4.69, 9.17) is 16.3 Å². The number of hydrogen-bond donors (Lipinski definition) is 0. The van der Waals surface area contributed by atoms with Crippen LogP contribution in [0.15, 0.2) is 18.2 Å². The second-order valence-corrected chi connectivity index (χ2v) is 3.86. The molecule has 0 aliphatic rings. The average molecular weight is 284 g/mol. The molecule has 0 atom stereocenters. The number of non-ortho nitro benzene ring substituents is 1. The second kappa shape index (κ2) is 6.01. The number of alkyl halides is 3. The third kappa shape index (κ3) is 4.89. The summed E-state index contributed by atoms with van der Waals surface area (Å²) in [5, 5.41) is 10.7. The van der Waals surface area contributed by atoms with Crippen LogP contribution < -0.4 is 0 Å². The first-order valence-electron chi connectivity index (χ1n) is 4.87. The Morgan fingerprint density at radius 2 is 2.06 bits per heavy atom. The smallest absolute Gasteiger partial charge is 0.376 e. The summed E-state index contributed by atoms with van der Waals surface area (Å²) in [4.78, 5) is 9.88. The quantitative estimate of drug-likeness (QED) is 0.470. The van der Waals surface area contributed by atoms with Gasteiger partial charge in [0.05, 0.1) is 24.6 Å². The number of nitro benzene ring substituents is 1. The fourth-order valence-corrected chi connectivity index (χ4v) is 1.33. The molecular weight excluding hydrogens is 275 g/mol. The Kier molecular flexibility index (Phi) is 4.92. The summed E-state index contributed by atoms with van der Waals surface area (Å²) in [7, 11) is 0. The van der Waals surface area contributed by atoms with Crippen LogP contribution in [0.3, 0.4) is 0 Å². The van der Waals surface area contributed by atoms with Gasteiger partial charge >= 0.3 is 6.18 Å². The Labute approximate surface area is 105 Å². The van der Waals surface area contributed by atoms with Crippen LogP contribution >= 0.6 is 11.6 Å². The van der Waals surface area contributed by atoms with Gasteiger partial charge in [0.25, 0.3) is 5.69 Å². The number of halogens is 4. The Balaban J connectivity index is 2.56. The minimum Gasteiger partial charge on any atom is -0.376 e. The molecule has 0 aliphatic carbocycles. The van der Waals surface area contributed by atoms with Crippen LogP contribution in [0.4, 0.5) is 18.9 Å². The first kappa shape index (κ1) is 14.7. The van der Waals surface area contributed by atoms with Crippen molar-refractivity contribution in [2.24, 2.45) is 0 Å². The summed E-state index contributed by atoms with van der Waals surface area (Å²) in [6, 6.07) is 3.69. The van der Waals surface area contributed by atoms with E-state index in [1.165, 1.54) is 18.2 Å². The van der Waals surface area contributed by atoms with Crippen LogP contribution in [-0.2, 0) is 11.3 Å². The zero-order valence-corrected chi connectivity index (χ0v) is 9.79. The van der Waals surface area contributed by atoms with Gasteiger partial charge in [-0.2, -0.15) is 13.2 Å². The first-order chi connectivity index (χ1) is 8.29. The number of ether oxygens (including phenoxy) is 1. The molecule has 4 nitrogen and oxygen atoms in total. The van der Waals surface area contributed by atoms with E-state index in [1.807, 2.05) is 0 Å². The SMILES string of the molecule is O=[N+]([O-])c1ccc(Cl)c(COCCC(F)(F)F)c1. The van der Waals surface area contributed by atoms with E-state index in [1.54, 1.807) is 0 Å². The summed E-state index contributed by atoms with van der Waals surface area (Å²) in [6.45, 7) is -0.709. The first-order valence-corrected chi connectivity index (χ1v) is 5.25. The molecule has 0 aromatic heterocycles. The van der Waals surface area contributed by atoms with Crippen molar-refractivity contribution in [1.82, 2.24) is 0 Å². The Hall–Kier alpha value is -1.34. The van der Waals surface area contributed by atoms with Crippen molar-refractivity contribution < 1.29 is 22.8 Å². The average Bonchev–Trinajstić information content (AvgIpc) is 2.24. The summed E-state index contributed by atoms with van der Waals surface area (Å²) in [5.41, 5.74) is 0.0989. The van der Waals surface area contributed by atoms with Gasteiger partial charge in [0.15, 0.2) is 0 Å². The van der Waals surface area contributed by atoms with Gasteiger partial charge in [-0.25, -0.2) is 0 Å². The number of benzene rings is 1. The van der Waals surface area contributed by atoms with Gasteiger partial charge in [-0.1, -0.05) is 11.6 Å². The van der Waals surface area contributed by atoms with Crippen molar-refractivity contribution in [3.8, 4) is 0 Å². The van der Waals surface area contributed by atoms with E-state index < -0.39 is 24.1 Å². The number of nitrogens with zero attached hydrogens (tertiary/aromatic N) is 1. The molecule has 0 heterocycles. The summed E-state index contributed by atoms with van der Waals surface area (Å²) in [6.07, 6.45) is -5.36. The lowest BCUT2D eigenvalue weighted by atomic mass is 10.2. The van der Waals surface area contributed by atoms with Crippen LogP contribution in [0.2, 0.25) is 5.02 Å². The predicted molar refractivity (Wildman–Crippen MR) is 58.4 cm³/mol. The molecular formula is C10H9ClF3NO3. The topological polar surface area (TPSA) is 52.4 Å². The van der Waals surface area contributed by atoms with Gasteiger partial charge in [0, 0.05) is 22.7 Å². The lowest BCUT2D eigenvalue weighted by Crippen LogP contribution is -2.11. The van der Waals surface area contributed by atoms with Crippen molar-refractivity contribution in [2.45, 2.75) is 19.2 Å². The minimum atomic E-state index is -4.29.